The van der Waals surface area contributed by atoms with Crippen LogP contribution < -0.4 is 15.5 Å². The maximum atomic E-state index is 4.85. The van der Waals surface area contributed by atoms with E-state index in [4.69, 9.17) is 4.99 Å². The number of aromatic nitrogens is 2. The Morgan fingerprint density at radius 3 is 2.71 bits per heavy atom. The van der Waals surface area contributed by atoms with Crippen LogP contribution in [0.4, 0.5) is 5.69 Å². The molecule has 1 aliphatic heterocycles. The molecule has 1 fully saturated rings. The second-order valence-corrected chi connectivity index (χ2v) is 7.12. The van der Waals surface area contributed by atoms with Crippen LogP contribution in [0.25, 0.3) is 0 Å². The van der Waals surface area contributed by atoms with Gasteiger partial charge in [-0.25, -0.2) is 4.99 Å². The second-order valence-electron chi connectivity index (χ2n) is 7.12. The molecule has 1 saturated heterocycles. The minimum absolute atomic E-state index is 0. The molecule has 0 bridgehead atoms. The molecule has 28 heavy (non-hydrogen) atoms. The quantitative estimate of drug-likeness (QED) is 0.366. The Hall–Kier alpha value is -1.77. The van der Waals surface area contributed by atoms with E-state index in [1.54, 1.807) is 0 Å². The normalized spacial score (nSPS) is 17.2. The first-order valence-corrected chi connectivity index (χ1v) is 10.0. The van der Waals surface area contributed by atoms with E-state index in [2.05, 4.69) is 64.9 Å². The topological polar surface area (TPSA) is 57.5 Å². The first-order valence-electron chi connectivity index (χ1n) is 10.0. The van der Waals surface area contributed by atoms with Crippen molar-refractivity contribution >= 4 is 35.6 Å². The molecule has 1 atom stereocenters. The smallest absolute Gasteiger partial charge is 0.191 e. The predicted molar refractivity (Wildman–Crippen MR) is 128 cm³/mol. The van der Waals surface area contributed by atoms with Crippen molar-refractivity contribution in [2.75, 3.05) is 24.5 Å². The summed E-state index contributed by atoms with van der Waals surface area (Å²) in [5.41, 5.74) is 3.87. The van der Waals surface area contributed by atoms with Crippen LogP contribution in [0.15, 0.2) is 41.7 Å². The zero-order valence-corrected chi connectivity index (χ0v) is 19.5. The van der Waals surface area contributed by atoms with Gasteiger partial charge in [-0.3, -0.25) is 4.68 Å². The van der Waals surface area contributed by atoms with E-state index in [1.807, 2.05) is 17.9 Å². The van der Waals surface area contributed by atoms with Crippen LogP contribution in [-0.2, 0) is 20.0 Å². The second kappa shape index (κ2) is 11.3. The van der Waals surface area contributed by atoms with Gasteiger partial charge < -0.3 is 15.5 Å². The van der Waals surface area contributed by atoms with Crippen molar-refractivity contribution in [3.63, 3.8) is 0 Å². The average Bonchev–Trinajstić information content (AvgIpc) is 3.13. The highest BCUT2D eigenvalue weighted by atomic mass is 127. The van der Waals surface area contributed by atoms with Crippen LogP contribution >= 0.6 is 24.0 Å². The highest BCUT2D eigenvalue weighted by Gasteiger charge is 2.21. The number of halogens is 1. The fraction of sp³-hybridized carbons (Fsp3) is 0.524. The number of aryl methyl sites for hydroxylation is 2. The Bertz CT molecular complexity index is 757. The molecule has 7 heteroatoms. The molecule has 0 saturated carbocycles. The van der Waals surface area contributed by atoms with Gasteiger partial charge in [-0.05, 0) is 37.3 Å². The number of hydrogen-bond donors (Lipinski definition) is 2. The molecule has 6 nitrogen and oxygen atoms in total. The third kappa shape index (κ3) is 6.12. The first kappa shape index (κ1) is 22.5. The molecule has 1 aliphatic rings. The number of nitrogens with one attached hydrogen (secondary N) is 2. The predicted octanol–water partition coefficient (Wildman–Crippen LogP) is 3.32. The van der Waals surface area contributed by atoms with Gasteiger partial charge >= 0.3 is 0 Å². The van der Waals surface area contributed by atoms with Gasteiger partial charge in [0, 0.05) is 38.9 Å². The maximum Gasteiger partial charge on any atom is 0.191 e. The highest BCUT2D eigenvalue weighted by molar-refractivity contribution is 14.0. The number of benzene rings is 1. The zero-order valence-electron chi connectivity index (χ0n) is 17.2. The number of guanidine groups is 1. The lowest BCUT2D eigenvalue weighted by Crippen LogP contribution is -2.51. The van der Waals surface area contributed by atoms with Crippen molar-refractivity contribution < 1.29 is 0 Å². The SMILES string of the molecule is CCNC(=NCc1ccccc1CC)NC1CCCN(c2cnn(C)c2)C1.I. The van der Waals surface area contributed by atoms with Gasteiger partial charge in [0.1, 0.15) is 0 Å². The molecule has 0 amide bonds. The van der Waals surface area contributed by atoms with Gasteiger partial charge in [0.2, 0.25) is 0 Å². The first-order chi connectivity index (χ1) is 13.2. The average molecular weight is 496 g/mol. The fourth-order valence-electron chi connectivity index (χ4n) is 3.64. The summed E-state index contributed by atoms with van der Waals surface area (Å²) in [6.45, 7) is 7.93. The summed E-state index contributed by atoms with van der Waals surface area (Å²) in [7, 11) is 1.97. The van der Waals surface area contributed by atoms with Gasteiger partial charge in [-0.2, -0.15) is 5.10 Å². The van der Waals surface area contributed by atoms with E-state index in [0.717, 1.165) is 38.4 Å². The lowest BCUT2D eigenvalue weighted by molar-refractivity contribution is 0.468. The van der Waals surface area contributed by atoms with E-state index in [1.165, 1.54) is 23.2 Å². The standard InChI is InChI=1S/C21H32N6.HI/c1-4-17-9-6-7-10-18(17)13-23-21(22-5-2)25-19-11-8-12-27(15-19)20-14-24-26(3)16-20;/h6-7,9-10,14,16,19H,4-5,8,11-13,15H2,1-3H3,(H2,22,23,25);1H. The van der Waals surface area contributed by atoms with Crippen molar-refractivity contribution in [3.8, 4) is 0 Å². The van der Waals surface area contributed by atoms with E-state index in [-0.39, 0.29) is 24.0 Å². The number of aliphatic imine (C=N–C) groups is 1. The third-order valence-electron chi connectivity index (χ3n) is 5.07. The van der Waals surface area contributed by atoms with Gasteiger partial charge in [-0.15, -0.1) is 24.0 Å². The van der Waals surface area contributed by atoms with Crippen molar-refractivity contribution in [2.24, 2.45) is 12.0 Å². The fourth-order valence-corrected chi connectivity index (χ4v) is 3.64. The van der Waals surface area contributed by atoms with Crippen LogP contribution in [0.1, 0.15) is 37.8 Å². The van der Waals surface area contributed by atoms with Crippen molar-refractivity contribution in [1.82, 2.24) is 20.4 Å². The van der Waals surface area contributed by atoms with Crippen molar-refractivity contribution in [2.45, 2.75) is 45.7 Å². The summed E-state index contributed by atoms with van der Waals surface area (Å²) in [4.78, 5) is 7.25. The molecular weight excluding hydrogens is 463 g/mol. The summed E-state index contributed by atoms with van der Waals surface area (Å²) in [6.07, 6.45) is 7.41. The largest absolute Gasteiger partial charge is 0.367 e. The van der Waals surface area contributed by atoms with E-state index < -0.39 is 0 Å². The zero-order chi connectivity index (χ0) is 19.1. The Labute approximate surface area is 185 Å². The molecule has 154 valence electrons. The molecule has 2 N–H and O–H groups in total. The monoisotopic (exact) mass is 496 g/mol. The Morgan fingerprint density at radius 2 is 2.04 bits per heavy atom. The molecule has 1 aromatic heterocycles. The van der Waals surface area contributed by atoms with Gasteiger partial charge in [0.25, 0.3) is 0 Å². The lowest BCUT2D eigenvalue weighted by atomic mass is 10.1. The number of piperidine rings is 1. The number of rotatable bonds is 6. The molecular formula is C21H33IN6. The Morgan fingerprint density at radius 1 is 1.25 bits per heavy atom. The molecule has 1 aromatic carbocycles. The van der Waals surface area contributed by atoms with Crippen LogP contribution in [0, 0.1) is 0 Å². The molecule has 2 aromatic rings. The van der Waals surface area contributed by atoms with Gasteiger partial charge in [0.05, 0.1) is 18.4 Å². The van der Waals surface area contributed by atoms with E-state index in [0.29, 0.717) is 12.6 Å². The molecule has 0 spiro atoms. The number of hydrogen-bond acceptors (Lipinski definition) is 3. The maximum absolute atomic E-state index is 4.85. The van der Waals surface area contributed by atoms with E-state index in [9.17, 15) is 0 Å². The molecule has 1 unspecified atom stereocenters. The van der Waals surface area contributed by atoms with Crippen molar-refractivity contribution in [1.29, 1.82) is 0 Å². The summed E-state index contributed by atoms with van der Waals surface area (Å²) >= 11 is 0. The lowest BCUT2D eigenvalue weighted by Gasteiger charge is -2.34. The third-order valence-corrected chi connectivity index (χ3v) is 5.07. The molecule has 3 rings (SSSR count). The van der Waals surface area contributed by atoms with E-state index >= 15 is 0 Å². The van der Waals surface area contributed by atoms with Gasteiger partial charge in [-0.1, -0.05) is 31.2 Å². The van der Waals surface area contributed by atoms with Crippen LogP contribution in [-0.4, -0.2) is 41.4 Å². The number of nitrogens with zero attached hydrogens (tertiary/aromatic N) is 4. The van der Waals surface area contributed by atoms with Gasteiger partial charge in [0.15, 0.2) is 5.96 Å². The summed E-state index contributed by atoms with van der Waals surface area (Å²) in [5.74, 6) is 0.904. The molecule has 2 heterocycles. The number of anilines is 1. The summed E-state index contributed by atoms with van der Waals surface area (Å²) in [6, 6.07) is 8.95. The summed E-state index contributed by atoms with van der Waals surface area (Å²) in [5, 5.41) is 11.3. The Balaban J connectivity index is 0.00000280. The molecule has 0 aliphatic carbocycles. The van der Waals surface area contributed by atoms with Crippen molar-refractivity contribution in [3.05, 3.63) is 47.8 Å². The summed E-state index contributed by atoms with van der Waals surface area (Å²) < 4.78 is 1.86. The van der Waals surface area contributed by atoms with Crippen LogP contribution in [0.2, 0.25) is 0 Å². The van der Waals surface area contributed by atoms with Crippen LogP contribution in [0.3, 0.4) is 0 Å². The highest BCUT2D eigenvalue weighted by Crippen LogP contribution is 2.19. The minimum atomic E-state index is 0. The minimum Gasteiger partial charge on any atom is -0.367 e. The molecule has 0 radical (unpaired) electrons. The van der Waals surface area contributed by atoms with Crippen LogP contribution in [0.5, 0.6) is 0 Å². The Kier molecular flexibility index (Phi) is 9.08.